The topological polar surface area (TPSA) is 58.6 Å². The van der Waals surface area contributed by atoms with Crippen molar-refractivity contribution in [2.45, 2.75) is 23.3 Å². The summed E-state index contributed by atoms with van der Waals surface area (Å²) in [6.07, 6.45) is 1.59. The van der Waals surface area contributed by atoms with E-state index in [4.69, 9.17) is 4.74 Å². The van der Waals surface area contributed by atoms with Crippen LogP contribution < -0.4 is 5.32 Å². The number of benzene rings is 1. The maximum Gasteiger partial charge on any atom is 0.243 e. The maximum absolute atomic E-state index is 13.3. The number of piperidine rings is 1. The highest BCUT2D eigenvalue weighted by Crippen LogP contribution is 2.30. The maximum atomic E-state index is 13.3. The van der Waals surface area contributed by atoms with E-state index >= 15 is 0 Å². The van der Waals surface area contributed by atoms with E-state index in [0.29, 0.717) is 19.7 Å². The quantitative estimate of drug-likeness (QED) is 0.884. The number of ether oxygens (including phenoxy) is 1. The Kier molecular flexibility index (Phi) is 4.00. The fourth-order valence-electron chi connectivity index (χ4n) is 2.98. The van der Waals surface area contributed by atoms with Gasteiger partial charge in [0, 0.05) is 13.1 Å². The molecule has 2 aliphatic heterocycles. The molecule has 7 heteroatoms. The number of halogens is 1. The minimum atomic E-state index is -3.67. The Balaban J connectivity index is 1.85. The van der Waals surface area contributed by atoms with E-state index in [9.17, 15) is 12.8 Å². The van der Waals surface area contributed by atoms with Crippen molar-refractivity contribution in [3.05, 3.63) is 30.1 Å². The van der Waals surface area contributed by atoms with Crippen molar-refractivity contribution >= 4 is 10.0 Å². The minimum Gasteiger partial charge on any atom is -0.372 e. The van der Waals surface area contributed by atoms with Crippen molar-refractivity contribution in [1.82, 2.24) is 9.62 Å². The molecule has 0 bridgehead atoms. The molecule has 0 aliphatic carbocycles. The second-order valence-electron chi connectivity index (χ2n) is 5.58. The molecule has 0 saturated carbocycles. The zero-order valence-corrected chi connectivity index (χ0v) is 12.5. The first-order chi connectivity index (χ1) is 10.0. The van der Waals surface area contributed by atoms with Gasteiger partial charge in [0.05, 0.1) is 17.1 Å². The van der Waals surface area contributed by atoms with E-state index in [2.05, 4.69) is 5.32 Å². The largest absolute Gasteiger partial charge is 0.372 e. The van der Waals surface area contributed by atoms with Crippen molar-refractivity contribution in [3.63, 3.8) is 0 Å². The average Bonchev–Trinajstić information content (AvgIpc) is 2.48. The summed E-state index contributed by atoms with van der Waals surface area (Å²) >= 11 is 0. The number of morpholine rings is 1. The molecule has 0 aromatic heterocycles. The lowest BCUT2D eigenvalue weighted by molar-refractivity contribution is -0.105. The standard InChI is InChI=1S/C14H19FN2O3S/c15-12-2-1-3-13(10-12)21(18,19)17-8-9-20-14(11-17)4-6-16-7-5-14/h1-3,10,16H,4-9,11H2. The van der Waals surface area contributed by atoms with Crippen LogP contribution in [0.3, 0.4) is 0 Å². The summed E-state index contributed by atoms with van der Waals surface area (Å²) in [5, 5.41) is 3.25. The predicted molar refractivity (Wildman–Crippen MR) is 75.9 cm³/mol. The first-order valence-electron chi connectivity index (χ1n) is 7.12. The fourth-order valence-corrected chi connectivity index (χ4v) is 4.51. The molecular formula is C14H19FN2O3S. The number of hydrogen-bond donors (Lipinski definition) is 1. The number of nitrogens with zero attached hydrogens (tertiary/aromatic N) is 1. The molecule has 2 heterocycles. The van der Waals surface area contributed by atoms with E-state index in [0.717, 1.165) is 32.0 Å². The van der Waals surface area contributed by atoms with Gasteiger partial charge in [0.25, 0.3) is 0 Å². The summed E-state index contributed by atoms with van der Waals surface area (Å²) in [5.41, 5.74) is -0.399. The van der Waals surface area contributed by atoms with E-state index in [-0.39, 0.29) is 4.90 Å². The first kappa shape index (κ1) is 14.9. The van der Waals surface area contributed by atoms with E-state index in [1.165, 1.54) is 22.5 Å². The molecule has 0 unspecified atom stereocenters. The smallest absolute Gasteiger partial charge is 0.243 e. The van der Waals surface area contributed by atoms with Gasteiger partial charge in [-0.15, -0.1) is 0 Å². The summed E-state index contributed by atoms with van der Waals surface area (Å²) in [4.78, 5) is 0.00786. The summed E-state index contributed by atoms with van der Waals surface area (Å²) in [7, 11) is -3.67. The summed E-state index contributed by atoms with van der Waals surface area (Å²) in [5.74, 6) is -0.541. The van der Waals surface area contributed by atoms with Gasteiger partial charge >= 0.3 is 0 Å². The fraction of sp³-hybridized carbons (Fsp3) is 0.571. The lowest BCUT2D eigenvalue weighted by Crippen LogP contribution is -2.57. The van der Waals surface area contributed by atoms with E-state index in [1.807, 2.05) is 0 Å². The number of nitrogens with one attached hydrogen (secondary N) is 1. The van der Waals surface area contributed by atoms with Crippen molar-refractivity contribution in [3.8, 4) is 0 Å². The molecule has 1 aromatic rings. The lowest BCUT2D eigenvalue weighted by Gasteiger charge is -2.44. The van der Waals surface area contributed by atoms with Gasteiger partial charge in [0.1, 0.15) is 5.82 Å². The second kappa shape index (κ2) is 5.64. The molecule has 0 amide bonds. The van der Waals surface area contributed by atoms with Crippen LogP contribution in [-0.2, 0) is 14.8 Å². The Morgan fingerprint density at radius 3 is 2.76 bits per heavy atom. The third-order valence-electron chi connectivity index (χ3n) is 4.16. The Labute approximate surface area is 124 Å². The Morgan fingerprint density at radius 1 is 1.29 bits per heavy atom. The third-order valence-corrected chi connectivity index (χ3v) is 6.00. The monoisotopic (exact) mass is 314 g/mol. The van der Waals surface area contributed by atoms with Gasteiger partial charge < -0.3 is 10.1 Å². The van der Waals surface area contributed by atoms with Gasteiger partial charge in [-0.25, -0.2) is 12.8 Å². The molecule has 1 N–H and O–H groups in total. The van der Waals surface area contributed by atoms with Crippen LogP contribution in [0, 0.1) is 5.82 Å². The molecule has 1 aromatic carbocycles. The number of sulfonamides is 1. The van der Waals surface area contributed by atoms with Crippen molar-refractivity contribution in [2.75, 3.05) is 32.8 Å². The summed E-state index contributed by atoms with van der Waals surface area (Å²) in [6, 6.07) is 5.17. The third kappa shape index (κ3) is 2.96. The average molecular weight is 314 g/mol. The zero-order valence-electron chi connectivity index (χ0n) is 11.7. The highest BCUT2D eigenvalue weighted by Gasteiger charge is 2.41. The molecule has 2 fully saturated rings. The van der Waals surface area contributed by atoms with Gasteiger partial charge in [-0.2, -0.15) is 4.31 Å². The molecule has 116 valence electrons. The van der Waals surface area contributed by atoms with Gasteiger partial charge in [0.15, 0.2) is 0 Å². The van der Waals surface area contributed by atoms with E-state index in [1.54, 1.807) is 0 Å². The van der Waals surface area contributed by atoms with Gasteiger partial charge in [0.2, 0.25) is 10.0 Å². The Hall–Kier alpha value is -1.02. The summed E-state index contributed by atoms with van der Waals surface area (Å²) in [6.45, 7) is 2.69. The van der Waals surface area contributed by atoms with E-state index < -0.39 is 21.4 Å². The van der Waals surface area contributed by atoms with Crippen LogP contribution in [0.4, 0.5) is 4.39 Å². The van der Waals surface area contributed by atoms with Crippen LogP contribution in [0.25, 0.3) is 0 Å². The predicted octanol–water partition coefficient (Wildman–Crippen LogP) is 0.969. The van der Waals surface area contributed by atoms with Crippen molar-refractivity contribution < 1.29 is 17.5 Å². The van der Waals surface area contributed by atoms with Crippen LogP contribution in [0.2, 0.25) is 0 Å². The van der Waals surface area contributed by atoms with Crippen molar-refractivity contribution in [1.29, 1.82) is 0 Å². The SMILES string of the molecule is O=S(=O)(c1cccc(F)c1)N1CCOC2(CCNCC2)C1. The molecule has 5 nitrogen and oxygen atoms in total. The van der Waals surface area contributed by atoms with Gasteiger partial charge in [-0.3, -0.25) is 0 Å². The number of hydrogen-bond acceptors (Lipinski definition) is 4. The van der Waals surface area contributed by atoms with Crippen LogP contribution in [0.15, 0.2) is 29.2 Å². The Bertz CT molecular complexity index is 609. The zero-order chi connectivity index (χ0) is 14.9. The van der Waals surface area contributed by atoms with Crippen LogP contribution in [-0.4, -0.2) is 51.1 Å². The molecule has 1 spiro atoms. The summed E-state index contributed by atoms with van der Waals surface area (Å²) < 4.78 is 45.9. The molecule has 2 aliphatic rings. The van der Waals surface area contributed by atoms with Crippen LogP contribution >= 0.6 is 0 Å². The highest BCUT2D eigenvalue weighted by atomic mass is 32.2. The first-order valence-corrected chi connectivity index (χ1v) is 8.56. The molecule has 21 heavy (non-hydrogen) atoms. The lowest BCUT2D eigenvalue weighted by atomic mass is 9.91. The van der Waals surface area contributed by atoms with Gasteiger partial charge in [-0.05, 0) is 44.1 Å². The van der Waals surface area contributed by atoms with Crippen LogP contribution in [0.1, 0.15) is 12.8 Å². The molecule has 0 radical (unpaired) electrons. The van der Waals surface area contributed by atoms with Gasteiger partial charge in [-0.1, -0.05) is 6.07 Å². The van der Waals surface area contributed by atoms with Crippen LogP contribution in [0.5, 0.6) is 0 Å². The highest BCUT2D eigenvalue weighted by molar-refractivity contribution is 7.89. The number of rotatable bonds is 2. The molecular weight excluding hydrogens is 295 g/mol. The minimum absolute atomic E-state index is 0.00786. The normalized spacial score (nSPS) is 23.3. The molecule has 3 rings (SSSR count). The molecule has 2 saturated heterocycles. The second-order valence-corrected chi connectivity index (χ2v) is 7.52. The Morgan fingerprint density at radius 2 is 2.05 bits per heavy atom. The molecule has 0 atom stereocenters. The van der Waals surface area contributed by atoms with Crippen molar-refractivity contribution in [2.24, 2.45) is 0 Å².